The van der Waals surface area contributed by atoms with Crippen LogP contribution in [0.5, 0.6) is 5.75 Å². The predicted octanol–water partition coefficient (Wildman–Crippen LogP) is 3.44. The summed E-state index contributed by atoms with van der Waals surface area (Å²) in [5.41, 5.74) is 2.95. The molecule has 0 radical (unpaired) electrons. The molecule has 0 aliphatic carbocycles. The zero-order valence-electron chi connectivity index (χ0n) is 15.1. The maximum atomic E-state index is 12.4. The number of amides is 1. The highest BCUT2D eigenvalue weighted by Crippen LogP contribution is 2.12. The summed E-state index contributed by atoms with van der Waals surface area (Å²) in [6.45, 7) is 5.13. The number of ether oxygens (including phenoxy) is 1. The van der Waals surface area contributed by atoms with Crippen molar-refractivity contribution in [2.45, 2.75) is 26.4 Å². The van der Waals surface area contributed by atoms with E-state index in [0.29, 0.717) is 12.2 Å². The third-order valence-electron chi connectivity index (χ3n) is 4.04. The van der Waals surface area contributed by atoms with Crippen LogP contribution in [0.25, 0.3) is 0 Å². The van der Waals surface area contributed by atoms with Gasteiger partial charge in [0.1, 0.15) is 12.4 Å². The summed E-state index contributed by atoms with van der Waals surface area (Å²) < 4.78 is 7.70. The van der Waals surface area contributed by atoms with Crippen molar-refractivity contribution < 1.29 is 9.53 Å². The smallest absolute Gasteiger partial charge is 0.251 e. The summed E-state index contributed by atoms with van der Waals surface area (Å²) in [6, 6.07) is 15.4. The second-order valence-electron chi connectivity index (χ2n) is 6.43. The topological polar surface area (TPSA) is 56.1 Å². The molecule has 3 aromatic rings. The zero-order valence-corrected chi connectivity index (χ0v) is 15.1. The van der Waals surface area contributed by atoms with E-state index in [0.717, 1.165) is 17.9 Å². The van der Waals surface area contributed by atoms with Crippen molar-refractivity contribution in [1.82, 2.24) is 14.9 Å². The van der Waals surface area contributed by atoms with Gasteiger partial charge in [0.25, 0.3) is 5.91 Å². The van der Waals surface area contributed by atoms with Crippen molar-refractivity contribution in [3.05, 3.63) is 83.9 Å². The van der Waals surface area contributed by atoms with E-state index in [1.165, 1.54) is 5.56 Å². The molecule has 0 saturated heterocycles. The Morgan fingerprint density at radius 2 is 1.88 bits per heavy atom. The van der Waals surface area contributed by atoms with Gasteiger partial charge in [-0.05, 0) is 43.7 Å². The number of benzene rings is 2. The molecule has 1 N–H and O–H groups in total. The molecule has 0 saturated carbocycles. The van der Waals surface area contributed by atoms with E-state index in [2.05, 4.69) is 10.3 Å². The Labute approximate surface area is 153 Å². The monoisotopic (exact) mass is 349 g/mol. The molecule has 2 aromatic carbocycles. The van der Waals surface area contributed by atoms with Crippen LogP contribution in [0.2, 0.25) is 0 Å². The maximum absolute atomic E-state index is 12.4. The normalized spacial score (nSPS) is 11.8. The highest BCUT2D eigenvalue weighted by Gasteiger charge is 2.10. The molecule has 1 atom stereocenters. The van der Waals surface area contributed by atoms with Crippen LogP contribution in [-0.4, -0.2) is 28.1 Å². The summed E-state index contributed by atoms with van der Waals surface area (Å²) in [5, 5.41) is 2.96. The molecule has 5 nitrogen and oxygen atoms in total. The molecule has 1 aromatic heterocycles. The number of carbonyl (C=O) groups excluding carboxylic acids is 1. The van der Waals surface area contributed by atoms with Gasteiger partial charge in [0.15, 0.2) is 0 Å². The Morgan fingerprint density at radius 3 is 2.54 bits per heavy atom. The molecule has 3 rings (SSSR count). The van der Waals surface area contributed by atoms with Crippen LogP contribution >= 0.6 is 0 Å². The predicted molar refractivity (Wildman–Crippen MR) is 101 cm³/mol. The van der Waals surface area contributed by atoms with Gasteiger partial charge in [-0.25, -0.2) is 4.98 Å². The lowest BCUT2D eigenvalue weighted by atomic mass is 10.1. The molecule has 0 unspecified atom stereocenters. The SMILES string of the molecule is Cc1ccc(OC[C@H](C)NC(=O)c2ccc(Cn3ccnc3)cc2)cc1. The van der Waals surface area contributed by atoms with E-state index in [1.807, 2.05) is 73.1 Å². The molecular formula is C21H23N3O2. The third kappa shape index (κ3) is 4.96. The summed E-state index contributed by atoms with van der Waals surface area (Å²) in [4.78, 5) is 16.4. The average molecular weight is 349 g/mol. The summed E-state index contributed by atoms with van der Waals surface area (Å²) >= 11 is 0. The van der Waals surface area contributed by atoms with Crippen molar-refractivity contribution in [2.75, 3.05) is 6.61 Å². The average Bonchev–Trinajstić information content (AvgIpc) is 3.15. The van der Waals surface area contributed by atoms with E-state index in [-0.39, 0.29) is 11.9 Å². The Hall–Kier alpha value is -3.08. The van der Waals surface area contributed by atoms with Gasteiger partial charge in [-0.3, -0.25) is 4.79 Å². The Bertz CT molecular complexity index is 825. The number of aryl methyl sites for hydroxylation is 1. The number of imidazole rings is 1. The molecule has 134 valence electrons. The Morgan fingerprint density at radius 1 is 1.15 bits per heavy atom. The van der Waals surface area contributed by atoms with E-state index < -0.39 is 0 Å². The van der Waals surface area contributed by atoms with Crippen molar-refractivity contribution in [3.63, 3.8) is 0 Å². The molecule has 26 heavy (non-hydrogen) atoms. The van der Waals surface area contributed by atoms with Gasteiger partial charge in [0.05, 0.1) is 12.4 Å². The zero-order chi connectivity index (χ0) is 18.4. The minimum Gasteiger partial charge on any atom is -0.491 e. The minimum absolute atomic E-state index is 0.0885. The first-order chi connectivity index (χ1) is 12.6. The number of hydrogen-bond acceptors (Lipinski definition) is 3. The first-order valence-electron chi connectivity index (χ1n) is 8.65. The highest BCUT2D eigenvalue weighted by atomic mass is 16.5. The van der Waals surface area contributed by atoms with Gasteiger partial charge >= 0.3 is 0 Å². The van der Waals surface area contributed by atoms with Crippen LogP contribution in [-0.2, 0) is 6.54 Å². The first kappa shape index (κ1) is 17.7. The van der Waals surface area contributed by atoms with Crippen molar-refractivity contribution in [2.24, 2.45) is 0 Å². The van der Waals surface area contributed by atoms with Gasteiger partial charge in [0.2, 0.25) is 0 Å². The van der Waals surface area contributed by atoms with Crippen molar-refractivity contribution in [3.8, 4) is 5.75 Å². The standard InChI is InChI=1S/C21H23N3O2/c1-16-3-9-20(10-4-16)26-14-17(2)23-21(25)19-7-5-18(6-8-19)13-24-12-11-22-15-24/h3-12,15,17H,13-14H2,1-2H3,(H,23,25)/t17-/m0/s1. The molecule has 0 aliphatic rings. The van der Waals surface area contributed by atoms with Gasteiger partial charge in [-0.1, -0.05) is 29.8 Å². The van der Waals surface area contributed by atoms with E-state index in [1.54, 1.807) is 12.5 Å². The van der Waals surface area contributed by atoms with Crippen LogP contribution in [0.1, 0.15) is 28.4 Å². The second kappa shape index (κ2) is 8.34. The molecule has 0 aliphatic heterocycles. The van der Waals surface area contributed by atoms with Crippen LogP contribution in [0.4, 0.5) is 0 Å². The summed E-state index contributed by atoms with van der Waals surface area (Å²) in [6.07, 6.45) is 5.44. The lowest BCUT2D eigenvalue weighted by Crippen LogP contribution is -2.36. The minimum atomic E-state index is -0.0980. The first-order valence-corrected chi connectivity index (χ1v) is 8.65. The number of carbonyl (C=O) groups is 1. The fraction of sp³-hybridized carbons (Fsp3) is 0.238. The fourth-order valence-electron chi connectivity index (χ4n) is 2.56. The molecule has 0 spiro atoms. The number of nitrogens with one attached hydrogen (secondary N) is 1. The largest absolute Gasteiger partial charge is 0.491 e. The number of aromatic nitrogens is 2. The molecule has 0 bridgehead atoms. The quantitative estimate of drug-likeness (QED) is 0.711. The summed E-state index contributed by atoms with van der Waals surface area (Å²) in [7, 11) is 0. The van der Waals surface area contributed by atoms with Gasteiger partial charge in [-0.15, -0.1) is 0 Å². The Kier molecular flexibility index (Phi) is 5.69. The lowest BCUT2D eigenvalue weighted by Gasteiger charge is -2.15. The molecule has 1 amide bonds. The van der Waals surface area contributed by atoms with Crippen LogP contribution in [0.3, 0.4) is 0 Å². The lowest BCUT2D eigenvalue weighted by molar-refractivity contribution is 0.0926. The fourth-order valence-corrected chi connectivity index (χ4v) is 2.56. The van der Waals surface area contributed by atoms with Gasteiger partial charge < -0.3 is 14.6 Å². The van der Waals surface area contributed by atoms with Crippen LogP contribution in [0, 0.1) is 6.92 Å². The van der Waals surface area contributed by atoms with Gasteiger partial charge in [0, 0.05) is 24.5 Å². The summed E-state index contributed by atoms with van der Waals surface area (Å²) in [5.74, 6) is 0.708. The molecule has 5 heteroatoms. The van der Waals surface area contributed by atoms with E-state index in [4.69, 9.17) is 4.74 Å². The van der Waals surface area contributed by atoms with Crippen LogP contribution in [0.15, 0.2) is 67.3 Å². The molecule has 1 heterocycles. The second-order valence-corrected chi connectivity index (χ2v) is 6.43. The molecule has 0 fully saturated rings. The van der Waals surface area contributed by atoms with E-state index in [9.17, 15) is 4.79 Å². The maximum Gasteiger partial charge on any atom is 0.251 e. The number of hydrogen-bond donors (Lipinski definition) is 1. The van der Waals surface area contributed by atoms with Crippen molar-refractivity contribution >= 4 is 5.91 Å². The molecular weight excluding hydrogens is 326 g/mol. The highest BCUT2D eigenvalue weighted by molar-refractivity contribution is 5.94. The van der Waals surface area contributed by atoms with E-state index >= 15 is 0 Å². The number of rotatable bonds is 7. The van der Waals surface area contributed by atoms with Gasteiger partial charge in [-0.2, -0.15) is 0 Å². The van der Waals surface area contributed by atoms with Crippen molar-refractivity contribution in [1.29, 1.82) is 0 Å². The third-order valence-corrected chi connectivity index (χ3v) is 4.04. The van der Waals surface area contributed by atoms with Crippen LogP contribution < -0.4 is 10.1 Å². The number of nitrogens with zero attached hydrogens (tertiary/aromatic N) is 2. The Balaban J connectivity index is 1.49.